The fourth-order valence-electron chi connectivity index (χ4n) is 6.66. The van der Waals surface area contributed by atoms with Gasteiger partial charge in [-0.2, -0.15) is 0 Å². The lowest BCUT2D eigenvalue weighted by Crippen LogP contribution is -2.45. The van der Waals surface area contributed by atoms with Gasteiger partial charge in [-0.1, -0.05) is 39.3 Å². The first-order valence-electron chi connectivity index (χ1n) is 12.4. The highest BCUT2D eigenvalue weighted by Crippen LogP contribution is 2.61. The van der Waals surface area contributed by atoms with Crippen LogP contribution in [0.1, 0.15) is 106 Å². The van der Waals surface area contributed by atoms with Gasteiger partial charge in [-0.05, 0) is 75.0 Å². The van der Waals surface area contributed by atoms with Gasteiger partial charge in [-0.3, -0.25) is 9.59 Å². The van der Waals surface area contributed by atoms with Crippen molar-refractivity contribution in [3.05, 3.63) is 28.3 Å². The molecule has 1 fully saturated rings. The van der Waals surface area contributed by atoms with E-state index in [4.69, 9.17) is 0 Å². The third-order valence-electron chi connectivity index (χ3n) is 8.53. The Morgan fingerprint density at radius 1 is 1.03 bits per heavy atom. The second kappa shape index (κ2) is 9.37. The molecule has 6 heteroatoms. The van der Waals surface area contributed by atoms with Crippen LogP contribution in [0.3, 0.4) is 0 Å². The molecule has 1 aromatic carbocycles. The minimum absolute atomic E-state index is 0.0421. The maximum Gasteiger partial charge on any atom is 0.157 e. The molecular weight excluding hydrogens is 432 g/mol. The fourth-order valence-corrected chi connectivity index (χ4v) is 6.66. The number of phenols is 3. The van der Waals surface area contributed by atoms with Gasteiger partial charge in [0, 0.05) is 11.5 Å². The number of aliphatic hydroxyl groups is 1. The molecule has 6 nitrogen and oxygen atoms in total. The number of phenolic OH excluding ortho intramolecular Hbond substituents is 3. The molecule has 3 rings (SSSR count). The van der Waals surface area contributed by atoms with Crippen LogP contribution in [0.15, 0.2) is 11.6 Å². The van der Waals surface area contributed by atoms with Crippen LogP contribution in [0.5, 0.6) is 17.2 Å². The molecule has 0 unspecified atom stereocenters. The summed E-state index contributed by atoms with van der Waals surface area (Å²) in [4.78, 5) is 23.4. The number of allylic oxidation sites excluding steroid dienone is 1. The Labute approximate surface area is 202 Å². The molecule has 0 saturated heterocycles. The van der Waals surface area contributed by atoms with Gasteiger partial charge in [0.15, 0.2) is 12.6 Å². The summed E-state index contributed by atoms with van der Waals surface area (Å²) in [6.07, 6.45) is 7.03. The van der Waals surface area contributed by atoms with E-state index in [-0.39, 0.29) is 45.8 Å². The Balaban J connectivity index is 2.23. The summed E-state index contributed by atoms with van der Waals surface area (Å²) >= 11 is 0. The van der Waals surface area contributed by atoms with Crippen LogP contribution in [-0.4, -0.2) is 38.6 Å². The van der Waals surface area contributed by atoms with E-state index in [1.165, 1.54) is 5.57 Å². The van der Waals surface area contributed by atoms with Crippen molar-refractivity contribution in [2.75, 3.05) is 0 Å². The van der Waals surface area contributed by atoms with Crippen molar-refractivity contribution < 1.29 is 30.0 Å². The van der Waals surface area contributed by atoms with E-state index in [2.05, 4.69) is 33.8 Å². The van der Waals surface area contributed by atoms with Crippen LogP contribution in [0.2, 0.25) is 0 Å². The molecule has 0 amide bonds. The van der Waals surface area contributed by atoms with E-state index >= 15 is 0 Å². The van der Waals surface area contributed by atoms with Crippen LogP contribution in [0, 0.1) is 29.1 Å². The summed E-state index contributed by atoms with van der Waals surface area (Å²) in [6, 6.07) is 0. The van der Waals surface area contributed by atoms with Crippen molar-refractivity contribution in [3.8, 4) is 17.2 Å². The van der Waals surface area contributed by atoms with Gasteiger partial charge in [-0.25, -0.2) is 0 Å². The molecule has 2 aliphatic rings. The highest BCUT2D eigenvalue weighted by Gasteiger charge is 2.50. The molecule has 1 aromatic rings. The van der Waals surface area contributed by atoms with E-state index < -0.39 is 22.8 Å². The summed E-state index contributed by atoms with van der Waals surface area (Å²) in [5.74, 6) is -1.23. The van der Waals surface area contributed by atoms with E-state index in [0.29, 0.717) is 24.9 Å². The summed E-state index contributed by atoms with van der Waals surface area (Å²) in [7, 11) is 0. The Bertz CT molecular complexity index is 951. The normalized spacial score (nSPS) is 28.2. The molecular formula is C28H40O6. The monoisotopic (exact) mass is 472 g/mol. The minimum Gasteiger partial charge on any atom is -0.507 e. The lowest BCUT2D eigenvalue weighted by atomic mass is 9.51. The average molecular weight is 473 g/mol. The molecule has 1 saturated carbocycles. The molecule has 0 radical (unpaired) electrons. The number of aldehydes is 2. The Kier molecular flexibility index (Phi) is 7.24. The number of carbonyl (C=O) groups is 2. The summed E-state index contributed by atoms with van der Waals surface area (Å²) in [6.45, 7) is 12.3. The predicted octanol–water partition coefficient (Wildman–Crippen LogP) is 5.72. The van der Waals surface area contributed by atoms with Crippen LogP contribution < -0.4 is 0 Å². The smallest absolute Gasteiger partial charge is 0.157 e. The molecule has 34 heavy (non-hydrogen) atoms. The highest BCUT2D eigenvalue weighted by molar-refractivity contribution is 5.95. The predicted molar refractivity (Wildman–Crippen MR) is 132 cm³/mol. The number of benzene rings is 1. The van der Waals surface area contributed by atoms with Gasteiger partial charge in [0.25, 0.3) is 0 Å². The van der Waals surface area contributed by atoms with Gasteiger partial charge in [0.2, 0.25) is 0 Å². The number of carbonyl (C=O) groups excluding carboxylic acids is 2. The van der Waals surface area contributed by atoms with Gasteiger partial charge in [0.1, 0.15) is 17.2 Å². The molecule has 0 aliphatic heterocycles. The molecule has 5 atom stereocenters. The molecule has 0 heterocycles. The van der Waals surface area contributed by atoms with Crippen LogP contribution in [0.4, 0.5) is 0 Å². The number of hydrogen-bond acceptors (Lipinski definition) is 6. The molecule has 2 aliphatic carbocycles. The van der Waals surface area contributed by atoms with Crippen LogP contribution in [0.25, 0.3) is 0 Å². The Hall–Kier alpha value is -2.34. The minimum atomic E-state index is -0.816. The van der Waals surface area contributed by atoms with Gasteiger partial charge >= 0.3 is 0 Å². The zero-order chi connectivity index (χ0) is 25.6. The number of hydrogen-bond donors (Lipinski definition) is 4. The van der Waals surface area contributed by atoms with Crippen molar-refractivity contribution in [2.24, 2.45) is 29.1 Å². The first-order chi connectivity index (χ1) is 15.8. The van der Waals surface area contributed by atoms with E-state index in [1.54, 1.807) is 0 Å². The molecule has 0 aromatic heterocycles. The maximum absolute atomic E-state index is 11.7. The fraction of sp³-hybridized carbons (Fsp3) is 0.643. The summed E-state index contributed by atoms with van der Waals surface area (Å²) in [5.41, 5.74) is -0.276. The lowest BCUT2D eigenvalue weighted by molar-refractivity contribution is 0.00965. The van der Waals surface area contributed by atoms with Crippen molar-refractivity contribution >= 4 is 12.6 Å². The molecule has 188 valence electrons. The molecule has 4 N–H and O–H groups in total. The second-order valence-electron chi connectivity index (χ2n) is 11.7. The number of rotatable bonds is 7. The SMILES string of the molecule is CC(C)C[C@H](c1c(O)c(C=O)c(O)c(C=O)c1O)[C@H]1CC[C@@H](C)C2=C[C@@H](C(C)(C)O)CC[C@@]21C. The third-order valence-corrected chi connectivity index (χ3v) is 8.53. The van der Waals surface area contributed by atoms with E-state index in [1.807, 2.05) is 13.8 Å². The summed E-state index contributed by atoms with van der Waals surface area (Å²) in [5, 5.41) is 43.1. The summed E-state index contributed by atoms with van der Waals surface area (Å²) < 4.78 is 0. The van der Waals surface area contributed by atoms with Crippen LogP contribution >= 0.6 is 0 Å². The first-order valence-corrected chi connectivity index (χ1v) is 12.4. The van der Waals surface area contributed by atoms with Gasteiger partial charge in [-0.15, -0.1) is 0 Å². The van der Waals surface area contributed by atoms with Crippen molar-refractivity contribution in [1.82, 2.24) is 0 Å². The largest absolute Gasteiger partial charge is 0.507 e. The topological polar surface area (TPSA) is 115 Å². The second-order valence-corrected chi connectivity index (χ2v) is 11.7. The van der Waals surface area contributed by atoms with E-state index in [0.717, 1.165) is 25.7 Å². The van der Waals surface area contributed by atoms with Crippen molar-refractivity contribution in [1.29, 1.82) is 0 Å². The number of aromatic hydroxyl groups is 3. The maximum atomic E-state index is 11.7. The molecule has 0 spiro atoms. The van der Waals surface area contributed by atoms with Crippen LogP contribution in [-0.2, 0) is 0 Å². The third kappa shape index (κ3) is 4.37. The zero-order valence-electron chi connectivity index (χ0n) is 21.3. The lowest BCUT2D eigenvalue weighted by Gasteiger charge is -2.53. The standard InChI is InChI=1S/C28H40O6/c1-15(2)11-18(23-25(32)19(13-29)24(31)20(14-30)26(23)33)21-8-7-16(3)22-12-17(27(4,5)34)9-10-28(21,22)6/h12-18,21,31-34H,7-11H2,1-6H3/t16-,17+,18+,21-,28-/m1/s1. The Morgan fingerprint density at radius 3 is 2.06 bits per heavy atom. The van der Waals surface area contributed by atoms with Crippen molar-refractivity contribution in [2.45, 2.75) is 85.2 Å². The quantitative estimate of drug-likeness (QED) is 0.298. The zero-order valence-corrected chi connectivity index (χ0v) is 21.3. The number of fused-ring (bicyclic) bond motifs is 1. The molecule has 0 bridgehead atoms. The average Bonchev–Trinajstić information content (AvgIpc) is 2.72. The first kappa shape index (κ1) is 26.3. The highest BCUT2D eigenvalue weighted by atomic mass is 16.3. The van der Waals surface area contributed by atoms with Gasteiger partial charge in [0.05, 0.1) is 16.7 Å². The van der Waals surface area contributed by atoms with E-state index in [9.17, 15) is 30.0 Å². The van der Waals surface area contributed by atoms with Crippen molar-refractivity contribution in [3.63, 3.8) is 0 Å². The Morgan fingerprint density at radius 2 is 1.59 bits per heavy atom. The van der Waals surface area contributed by atoms with Gasteiger partial charge < -0.3 is 20.4 Å².